The average Bonchev–Trinajstić information content (AvgIpc) is 2.57. The van der Waals surface area contributed by atoms with E-state index in [4.69, 9.17) is 0 Å². The summed E-state index contributed by atoms with van der Waals surface area (Å²) in [4.78, 5) is 12.2. The van der Waals surface area contributed by atoms with Gasteiger partial charge in [0, 0.05) is 0 Å². The van der Waals surface area contributed by atoms with Crippen molar-refractivity contribution in [2.45, 2.75) is 39.7 Å². The van der Waals surface area contributed by atoms with Gasteiger partial charge in [0.1, 0.15) is 5.75 Å². The van der Waals surface area contributed by atoms with E-state index in [-0.39, 0.29) is 11.8 Å². The van der Waals surface area contributed by atoms with Crippen LogP contribution < -0.4 is 5.32 Å². The minimum Gasteiger partial charge on any atom is -0.349 e. The van der Waals surface area contributed by atoms with Crippen molar-refractivity contribution in [3.63, 3.8) is 0 Å². The maximum atomic E-state index is 12.2. The number of nitrogens with one attached hydrogen (secondary N) is 1. The second-order valence-electron chi connectivity index (χ2n) is 6.83. The van der Waals surface area contributed by atoms with Crippen LogP contribution in [-0.2, 0) is 21.1 Å². The SMILES string of the molecule is Cc1ccc(C)c(C(C)NC(=O)CS(=O)(=O)CCCc2ccccc2)c1. The highest BCUT2D eigenvalue weighted by Crippen LogP contribution is 2.18. The van der Waals surface area contributed by atoms with Gasteiger partial charge in [-0.15, -0.1) is 0 Å². The third-order valence-electron chi connectivity index (χ3n) is 4.39. The molecule has 1 amide bonds. The predicted octanol–water partition coefficient (Wildman–Crippen LogP) is 3.53. The second-order valence-corrected chi connectivity index (χ2v) is 9.01. The highest BCUT2D eigenvalue weighted by molar-refractivity contribution is 7.92. The summed E-state index contributed by atoms with van der Waals surface area (Å²) in [5.41, 5.74) is 4.31. The molecule has 5 heteroatoms. The Morgan fingerprint density at radius 2 is 1.77 bits per heavy atom. The molecule has 0 spiro atoms. The third kappa shape index (κ3) is 6.30. The zero-order valence-electron chi connectivity index (χ0n) is 15.7. The van der Waals surface area contributed by atoms with Crippen LogP contribution >= 0.6 is 0 Å². The molecular weight excluding hydrogens is 346 g/mol. The minimum absolute atomic E-state index is 0.0210. The molecule has 0 aliphatic carbocycles. The van der Waals surface area contributed by atoms with Gasteiger partial charge in [-0.1, -0.05) is 54.1 Å². The molecule has 0 saturated carbocycles. The topological polar surface area (TPSA) is 63.2 Å². The molecule has 2 aromatic carbocycles. The molecule has 140 valence electrons. The van der Waals surface area contributed by atoms with Crippen molar-refractivity contribution in [1.82, 2.24) is 5.32 Å². The van der Waals surface area contributed by atoms with Crippen LogP contribution in [0.4, 0.5) is 0 Å². The van der Waals surface area contributed by atoms with Gasteiger partial charge in [0.2, 0.25) is 5.91 Å². The summed E-state index contributed by atoms with van der Waals surface area (Å²) >= 11 is 0. The van der Waals surface area contributed by atoms with E-state index in [0.717, 1.165) is 22.3 Å². The number of rotatable bonds is 8. The number of aryl methyl sites for hydroxylation is 3. The average molecular weight is 374 g/mol. The number of carbonyl (C=O) groups excluding carboxylic acids is 1. The van der Waals surface area contributed by atoms with E-state index < -0.39 is 21.5 Å². The summed E-state index contributed by atoms with van der Waals surface area (Å²) in [5, 5.41) is 2.81. The summed E-state index contributed by atoms with van der Waals surface area (Å²) in [6.45, 7) is 5.86. The molecule has 1 atom stereocenters. The van der Waals surface area contributed by atoms with Crippen molar-refractivity contribution in [3.05, 3.63) is 70.8 Å². The minimum atomic E-state index is -3.41. The van der Waals surface area contributed by atoms with Crippen LogP contribution in [0.3, 0.4) is 0 Å². The zero-order chi connectivity index (χ0) is 19.2. The fourth-order valence-corrected chi connectivity index (χ4v) is 4.21. The fourth-order valence-electron chi connectivity index (χ4n) is 3.00. The van der Waals surface area contributed by atoms with Gasteiger partial charge in [-0.05, 0) is 50.3 Å². The van der Waals surface area contributed by atoms with Crippen molar-refractivity contribution >= 4 is 15.7 Å². The molecule has 0 aliphatic rings. The predicted molar refractivity (Wildman–Crippen MR) is 106 cm³/mol. The lowest BCUT2D eigenvalue weighted by atomic mass is 10.00. The quantitative estimate of drug-likeness (QED) is 0.770. The Hall–Kier alpha value is -2.14. The Morgan fingerprint density at radius 3 is 2.46 bits per heavy atom. The monoisotopic (exact) mass is 373 g/mol. The van der Waals surface area contributed by atoms with Gasteiger partial charge in [-0.25, -0.2) is 8.42 Å². The van der Waals surface area contributed by atoms with Crippen LogP contribution in [0.2, 0.25) is 0 Å². The molecule has 4 nitrogen and oxygen atoms in total. The summed E-state index contributed by atoms with van der Waals surface area (Å²) in [6.07, 6.45) is 1.22. The Labute approximate surface area is 156 Å². The van der Waals surface area contributed by atoms with E-state index in [9.17, 15) is 13.2 Å². The summed E-state index contributed by atoms with van der Waals surface area (Å²) in [5.74, 6) is -0.887. The Bertz CT molecular complexity index is 845. The molecule has 0 saturated heterocycles. The van der Waals surface area contributed by atoms with Gasteiger partial charge < -0.3 is 5.32 Å². The van der Waals surface area contributed by atoms with Gasteiger partial charge >= 0.3 is 0 Å². The lowest BCUT2D eigenvalue weighted by molar-refractivity contribution is -0.119. The lowest BCUT2D eigenvalue weighted by Crippen LogP contribution is -2.33. The van der Waals surface area contributed by atoms with E-state index in [1.54, 1.807) is 0 Å². The van der Waals surface area contributed by atoms with Crippen LogP contribution in [-0.4, -0.2) is 25.8 Å². The number of hydrogen-bond acceptors (Lipinski definition) is 3. The number of benzene rings is 2. The van der Waals surface area contributed by atoms with Crippen LogP contribution in [0.25, 0.3) is 0 Å². The van der Waals surface area contributed by atoms with Crippen LogP contribution in [0.15, 0.2) is 48.5 Å². The Kier molecular flexibility index (Phi) is 6.98. The van der Waals surface area contributed by atoms with Gasteiger partial charge in [-0.3, -0.25) is 4.79 Å². The van der Waals surface area contributed by atoms with E-state index in [2.05, 4.69) is 5.32 Å². The highest BCUT2D eigenvalue weighted by atomic mass is 32.2. The molecule has 2 aromatic rings. The van der Waals surface area contributed by atoms with Gasteiger partial charge in [-0.2, -0.15) is 0 Å². The molecule has 0 aliphatic heterocycles. The van der Waals surface area contributed by atoms with Crippen molar-refractivity contribution in [3.8, 4) is 0 Å². The van der Waals surface area contributed by atoms with E-state index >= 15 is 0 Å². The van der Waals surface area contributed by atoms with Crippen LogP contribution in [0, 0.1) is 13.8 Å². The van der Waals surface area contributed by atoms with E-state index in [1.807, 2.05) is 69.3 Å². The molecule has 1 unspecified atom stereocenters. The smallest absolute Gasteiger partial charge is 0.235 e. The number of amides is 1. The van der Waals surface area contributed by atoms with Gasteiger partial charge in [0.25, 0.3) is 0 Å². The van der Waals surface area contributed by atoms with Crippen LogP contribution in [0.5, 0.6) is 0 Å². The maximum absolute atomic E-state index is 12.2. The molecule has 0 fully saturated rings. The molecule has 0 radical (unpaired) electrons. The second kappa shape index (κ2) is 8.99. The molecule has 0 aromatic heterocycles. The normalized spacial score (nSPS) is 12.6. The maximum Gasteiger partial charge on any atom is 0.235 e. The molecule has 26 heavy (non-hydrogen) atoms. The molecule has 2 rings (SSSR count). The van der Waals surface area contributed by atoms with Crippen molar-refractivity contribution < 1.29 is 13.2 Å². The first-order chi connectivity index (χ1) is 12.3. The van der Waals surface area contributed by atoms with Crippen molar-refractivity contribution in [1.29, 1.82) is 0 Å². The summed E-state index contributed by atoms with van der Waals surface area (Å²) in [6, 6.07) is 15.6. The largest absolute Gasteiger partial charge is 0.349 e. The first-order valence-electron chi connectivity index (χ1n) is 8.88. The molecule has 1 N–H and O–H groups in total. The summed E-state index contributed by atoms with van der Waals surface area (Å²) < 4.78 is 24.4. The first kappa shape index (κ1) is 20.2. The number of hydrogen-bond donors (Lipinski definition) is 1. The standard InChI is InChI=1S/C21H27NO3S/c1-16-11-12-17(2)20(14-16)18(3)22-21(23)15-26(24,25)13-7-10-19-8-5-4-6-9-19/h4-6,8-9,11-12,14,18H,7,10,13,15H2,1-3H3,(H,22,23). The zero-order valence-corrected chi connectivity index (χ0v) is 16.5. The third-order valence-corrected chi connectivity index (χ3v) is 6.01. The molecule has 0 heterocycles. The van der Waals surface area contributed by atoms with Gasteiger partial charge in [0.15, 0.2) is 9.84 Å². The van der Waals surface area contributed by atoms with Crippen molar-refractivity contribution in [2.75, 3.05) is 11.5 Å². The van der Waals surface area contributed by atoms with Gasteiger partial charge in [0.05, 0.1) is 11.8 Å². The van der Waals surface area contributed by atoms with Crippen LogP contribution in [0.1, 0.15) is 41.6 Å². The molecule has 0 bridgehead atoms. The lowest BCUT2D eigenvalue weighted by Gasteiger charge is -2.17. The van der Waals surface area contributed by atoms with Crippen molar-refractivity contribution in [2.24, 2.45) is 0 Å². The molecular formula is C21H27NO3S. The van der Waals surface area contributed by atoms with E-state index in [1.165, 1.54) is 0 Å². The Morgan fingerprint density at radius 1 is 1.08 bits per heavy atom. The fraction of sp³-hybridized carbons (Fsp3) is 0.381. The summed E-state index contributed by atoms with van der Waals surface area (Å²) in [7, 11) is -3.41. The number of sulfone groups is 1. The Balaban J connectivity index is 1.86. The first-order valence-corrected chi connectivity index (χ1v) is 10.7. The van der Waals surface area contributed by atoms with E-state index in [0.29, 0.717) is 12.8 Å². The highest BCUT2D eigenvalue weighted by Gasteiger charge is 2.19. The number of carbonyl (C=O) groups is 1.